The van der Waals surface area contributed by atoms with Crippen LogP contribution in [-0.4, -0.2) is 20.8 Å². The van der Waals surface area contributed by atoms with Gasteiger partial charge < -0.3 is 10.5 Å². The Morgan fingerprint density at radius 1 is 1.45 bits per heavy atom. The van der Waals surface area contributed by atoms with Gasteiger partial charge in [-0.1, -0.05) is 17.7 Å². The van der Waals surface area contributed by atoms with Gasteiger partial charge in [-0.25, -0.2) is 9.67 Å². The molecule has 108 valence electrons. The first-order valence-electron chi connectivity index (χ1n) is 6.63. The van der Waals surface area contributed by atoms with Gasteiger partial charge in [0.1, 0.15) is 18.7 Å². The highest BCUT2D eigenvalue weighted by Crippen LogP contribution is 2.26. The summed E-state index contributed by atoms with van der Waals surface area (Å²) in [4.78, 5) is 4.16. The Morgan fingerprint density at radius 3 is 2.90 bits per heavy atom. The first-order valence-corrected chi connectivity index (χ1v) is 7.01. The summed E-state index contributed by atoms with van der Waals surface area (Å²) >= 11 is 6.22. The molecule has 1 aromatic heterocycles. The average Bonchev–Trinajstić information content (AvgIpc) is 2.84. The summed E-state index contributed by atoms with van der Waals surface area (Å²) in [6, 6.07) is 5.85. The Bertz CT molecular complexity index is 568. The van der Waals surface area contributed by atoms with E-state index in [9.17, 15) is 0 Å². The Balaban J connectivity index is 2.03. The summed E-state index contributed by atoms with van der Waals surface area (Å²) in [6.07, 6.45) is 2.32. The van der Waals surface area contributed by atoms with Crippen LogP contribution < -0.4 is 10.5 Å². The molecule has 2 rings (SSSR count). The lowest BCUT2D eigenvalue weighted by atomic mass is 10.1. The summed E-state index contributed by atoms with van der Waals surface area (Å²) in [6.45, 7) is 5.09. The van der Waals surface area contributed by atoms with Crippen LogP contribution in [0.4, 0.5) is 0 Å². The standard InChI is InChI=1S/C14H19ClN4O/c1-3-19-14(17-9-18-19)8-20-13-5-4-11(6-10(2)16)7-12(13)15/h4-5,7,9-10H,3,6,8,16H2,1-2H3. The van der Waals surface area contributed by atoms with Crippen molar-refractivity contribution >= 4 is 11.6 Å². The molecule has 0 amide bonds. The van der Waals surface area contributed by atoms with E-state index in [0.29, 0.717) is 17.4 Å². The molecule has 0 aliphatic rings. The molecule has 0 saturated carbocycles. The highest BCUT2D eigenvalue weighted by Gasteiger charge is 2.08. The zero-order valence-corrected chi connectivity index (χ0v) is 12.5. The molecular formula is C14H19ClN4O. The molecule has 0 aliphatic carbocycles. The number of halogens is 1. The SMILES string of the molecule is CCn1ncnc1COc1ccc(CC(C)N)cc1Cl. The fourth-order valence-electron chi connectivity index (χ4n) is 1.97. The predicted molar refractivity (Wildman–Crippen MR) is 78.8 cm³/mol. The first kappa shape index (κ1) is 14.8. The molecule has 6 heteroatoms. The number of nitrogens with two attached hydrogens (primary N) is 1. The van der Waals surface area contributed by atoms with Crippen LogP contribution >= 0.6 is 11.6 Å². The van der Waals surface area contributed by atoms with E-state index in [2.05, 4.69) is 10.1 Å². The van der Waals surface area contributed by atoms with Gasteiger partial charge in [0.25, 0.3) is 0 Å². The van der Waals surface area contributed by atoms with E-state index in [1.807, 2.05) is 32.0 Å². The van der Waals surface area contributed by atoms with E-state index >= 15 is 0 Å². The first-order chi connectivity index (χ1) is 9.60. The van der Waals surface area contributed by atoms with Crippen LogP contribution in [-0.2, 0) is 19.6 Å². The molecule has 1 aromatic carbocycles. The molecule has 0 spiro atoms. The van der Waals surface area contributed by atoms with Crippen molar-refractivity contribution in [2.75, 3.05) is 0 Å². The van der Waals surface area contributed by atoms with Gasteiger partial charge in [-0.3, -0.25) is 0 Å². The largest absolute Gasteiger partial charge is 0.484 e. The van der Waals surface area contributed by atoms with E-state index in [-0.39, 0.29) is 6.04 Å². The van der Waals surface area contributed by atoms with Crippen molar-refractivity contribution < 1.29 is 4.74 Å². The van der Waals surface area contributed by atoms with Crippen molar-refractivity contribution in [3.63, 3.8) is 0 Å². The fourth-order valence-corrected chi connectivity index (χ4v) is 2.22. The van der Waals surface area contributed by atoms with Crippen molar-refractivity contribution in [1.82, 2.24) is 14.8 Å². The summed E-state index contributed by atoms with van der Waals surface area (Å²) in [5.74, 6) is 1.42. The smallest absolute Gasteiger partial charge is 0.164 e. The van der Waals surface area contributed by atoms with Gasteiger partial charge in [0.2, 0.25) is 0 Å². The second-order valence-electron chi connectivity index (χ2n) is 4.73. The lowest BCUT2D eigenvalue weighted by molar-refractivity contribution is 0.287. The van der Waals surface area contributed by atoms with E-state index in [1.54, 1.807) is 4.68 Å². The number of hydrogen-bond donors (Lipinski definition) is 1. The normalized spacial score (nSPS) is 12.4. The Labute approximate surface area is 123 Å². The lowest BCUT2D eigenvalue weighted by Gasteiger charge is -2.10. The van der Waals surface area contributed by atoms with Crippen molar-refractivity contribution in [2.24, 2.45) is 5.73 Å². The molecule has 2 N–H and O–H groups in total. The Morgan fingerprint density at radius 2 is 2.25 bits per heavy atom. The number of benzene rings is 1. The van der Waals surface area contributed by atoms with Gasteiger partial charge in [-0.05, 0) is 38.0 Å². The predicted octanol–water partition coefficient (Wildman–Crippen LogP) is 2.42. The Hall–Kier alpha value is -1.59. The zero-order valence-electron chi connectivity index (χ0n) is 11.7. The number of aromatic nitrogens is 3. The number of nitrogens with zero attached hydrogens (tertiary/aromatic N) is 3. The average molecular weight is 295 g/mol. The maximum absolute atomic E-state index is 6.22. The van der Waals surface area contributed by atoms with Crippen molar-refractivity contribution in [2.45, 2.75) is 39.5 Å². The van der Waals surface area contributed by atoms with Gasteiger partial charge in [0.05, 0.1) is 5.02 Å². The van der Waals surface area contributed by atoms with E-state index in [1.165, 1.54) is 6.33 Å². The molecule has 1 heterocycles. The third kappa shape index (κ3) is 3.71. The molecule has 0 fully saturated rings. The number of aryl methyl sites for hydroxylation is 1. The van der Waals surface area contributed by atoms with E-state index < -0.39 is 0 Å². The number of ether oxygens (including phenoxy) is 1. The maximum atomic E-state index is 6.22. The maximum Gasteiger partial charge on any atom is 0.164 e. The summed E-state index contributed by atoms with van der Waals surface area (Å²) < 4.78 is 7.49. The van der Waals surface area contributed by atoms with Gasteiger partial charge in [-0.15, -0.1) is 0 Å². The van der Waals surface area contributed by atoms with Gasteiger partial charge in [0, 0.05) is 12.6 Å². The van der Waals surface area contributed by atoms with Crippen LogP contribution in [0.2, 0.25) is 5.02 Å². The third-order valence-corrected chi connectivity index (χ3v) is 3.20. The van der Waals surface area contributed by atoms with Crippen LogP contribution in [0.1, 0.15) is 25.2 Å². The highest BCUT2D eigenvalue weighted by molar-refractivity contribution is 6.32. The minimum absolute atomic E-state index is 0.112. The van der Waals surface area contributed by atoms with Crippen LogP contribution in [0.15, 0.2) is 24.5 Å². The minimum Gasteiger partial charge on any atom is -0.484 e. The molecule has 1 atom stereocenters. The monoisotopic (exact) mass is 294 g/mol. The van der Waals surface area contributed by atoms with E-state index in [4.69, 9.17) is 22.1 Å². The molecule has 0 radical (unpaired) electrons. The minimum atomic E-state index is 0.112. The second-order valence-corrected chi connectivity index (χ2v) is 5.13. The quantitative estimate of drug-likeness (QED) is 0.888. The van der Waals surface area contributed by atoms with Crippen molar-refractivity contribution in [3.05, 3.63) is 40.9 Å². The van der Waals surface area contributed by atoms with Crippen molar-refractivity contribution in [1.29, 1.82) is 0 Å². The summed E-state index contributed by atoms with van der Waals surface area (Å²) in [5.41, 5.74) is 6.88. The van der Waals surface area contributed by atoms with Crippen molar-refractivity contribution in [3.8, 4) is 5.75 Å². The molecule has 2 aromatic rings. The summed E-state index contributed by atoms with van der Waals surface area (Å²) in [5, 5.41) is 4.68. The number of rotatable bonds is 6. The Kier molecular flexibility index (Phi) is 4.98. The third-order valence-electron chi connectivity index (χ3n) is 2.91. The van der Waals surface area contributed by atoms with Gasteiger partial charge >= 0.3 is 0 Å². The van der Waals surface area contributed by atoms with Crippen LogP contribution in [0.5, 0.6) is 5.75 Å². The molecule has 20 heavy (non-hydrogen) atoms. The second kappa shape index (κ2) is 6.72. The lowest BCUT2D eigenvalue weighted by Crippen LogP contribution is -2.17. The van der Waals surface area contributed by atoms with Crippen LogP contribution in [0.25, 0.3) is 0 Å². The molecule has 0 saturated heterocycles. The van der Waals surface area contributed by atoms with Gasteiger partial charge in [-0.2, -0.15) is 5.10 Å². The molecular weight excluding hydrogens is 276 g/mol. The van der Waals surface area contributed by atoms with Gasteiger partial charge in [0.15, 0.2) is 5.82 Å². The highest BCUT2D eigenvalue weighted by atomic mass is 35.5. The topological polar surface area (TPSA) is 66.0 Å². The fraction of sp³-hybridized carbons (Fsp3) is 0.429. The molecule has 1 unspecified atom stereocenters. The van der Waals surface area contributed by atoms with E-state index in [0.717, 1.165) is 24.4 Å². The molecule has 5 nitrogen and oxygen atoms in total. The zero-order chi connectivity index (χ0) is 14.5. The molecule has 0 aliphatic heterocycles. The summed E-state index contributed by atoms with van der Waals surface area (Å²) in [7, 11) is 0. The van der Waals surface area contributed by atoms with Crippen LogP contribution in [0.3, 0.4) is 0 Å². The number of hydrogen-bond acceptors (Lipinski definition) is 4. The molecule has 0 bridgehead atoms. The van der Waals surface area contributed by atoms with Crippen LogP contribution in [0, 0.1) is 0 Å².